The van der Waals surface area contributed by atoms with Crippen LogP contribution in [-0.2, 0) is 10.5 Å². The summed E-state index contributed by atoms with van der Waals surface area (Å²) in [6, 6.07) is 1.90. The molecule has 1 aliphatic rings. The molecule has 1 saturated heterocycles. The van der Waals surface area contributed by atoms with Gasteiger partial charge in [0.2, 0.25) is 0 Å². The highest BCUT2D eigenvalue weighted by molar-refractivity contribution is 7.99. The Hall–Kier alpha value is -0.850. The Labute approximate surface area is 113 Å². The molecule has 0 amide bonds. The van der Waals surface area contributed by atoms with Crippen LogP contribution in [0.2, 0.25) is 0 Å². The standard InChI is InChI=1S/C12H14N2O2S2/c15-12-11-9(3-6-17-11)13-10(14-12)7-18-8-1-4-16-5-2-8/h3,6,8H,1-2,4-5,7H2,(H,13,14,15). The van der Waals surface area contributed by atoms with Crippen molar-refractivity contribution in [2.24, 2.45) is 0 Å². The van der Waals surface area contributed by atoms with Crippen molar-refractivity contribution < 1.29 is 4.74 Å². The molecule has 0 spiro atoms. The highest BCUT2D eigenvalue weighted by Crippen LogP contribution is 2.24. The molecule has 0 saturated carbocycles. The zero-order chi connectivity index (χ0) is 12.4. The predicted molar refractivity (Wildman–Crippen MR) is 75.4 cm³/mol. The second-order valence-electron chi connectivity index (χ2n) is 4.27. The molecule has 96 valence electrons. The van der Waals surface area contributed by atoms with Crippen LogP contribution < -0.4 is 5.56 Å². The van der Waals surface area contributed by atoms with Gasteiger partial charge in [0.1, 0.15) is 10.5 Å². The normalized spacial score (nSPS) is 17.3. The molecule has 18 heavy (non-hydrogen) atoms. The first-order valence-electron chi connectivity index (χ1n) is 5.98. The summed E-state index contributed by atoms with van der Waals surface area (Å²) in [5.74, 6) is 1.55. The molecule has 1 fully saturated rings. The molecule has 0 radical (unpaired) electrons. The minimum Gasteiger partial charge on any atom is -0.381 e. The Morgan fingerprint density at radius 1 is 1.50 bits per heavy atom. The first kappa shape index (κ1) is 12.2. The zero-order valence-electron chi connectivity index (χ0n) is 9.85. The van der Waals surface area contributed by atoms with E-state index in [1.807, 2.05) is 23.2 Å². The summed E-state index contributed by atoms with van der Waals surface area (Å²) >= 11 is 3.30. The summed E-state index contributed by atoms with van der Waals surface area (Å²) in [6.45, 7) is 1.70. The van der Waals surface area contributed by atoms with E-state index in [1.165, 1.54) is 11.3 Å². The van der Waals surface area contributed by atoms with Gasteiger partial charge in [0.15, 0.2) is 0 Å². The molecule has 2 aromatic rings. The summed E-state index contributed by atoms with van der Waals surface area (Å²) in [7, 11) is 0. The Morgan fingerprint density at radius 3 is 3.17 bits per heavy atom. The summed E-state index contributed by atoms with van der Waals surface area (Å²) < 4.78 is 6.05. The Balaban J connectivity index is 1.72. The van der Waals surface area contributed by atoms with Crippen molar-refractivity contribution in [3.05, 3.63) is 27.6 Å². The van der Waals surface area contributed by atoms with Crippen molar-refractivity contribution in [3.8, 4) is 0 Å². The highest BCUT2D eigenvalue weighted by Gasteiger charge is 2.15. The van der Waals surface area contributed by atoms with Gasteiger partial charge in [-0.1, -0.05) is 0 Å². The average Bonchev–Trinajstić information content (AvgIpc) is 2.86. The third-order valence-corrected chi connectivity index (χ3v) is 5.27. The molecular formula is C12H14N2O2S2. The van der Waals surface area contributed by atoms with Gasteiger partial charge in [0.25, 0.3) is 5.56 Å². The largest absolute Gasteiger partial charge is 0.381 e. The second kappa shape index (κ2) is 5.42. The average molecular weight is 282 g/mol. The van der Waals surface area contributed by atoms with E-state index in [0.29, 0.717) is 5.25 Å². The molecule has 0 aliphatic carbocycles. The molecule has 0 bridgehead atoms. The lowest BCUT2D eigenvalue weighted by atomic mass is 10.2. The maximum absolute atomic E-state index is 11.8. The van der Waals surface area contributed by atoms with Crippen molar-refractivity contribution >= 4 is 33.3 Å². The molecule has 4 nitrogen and oxygen atoms in total. The van der Waals surface area contributed by atoms with Gasteiger partial charge in [-0.25, -0.2) is 4.98 Å². The fourth-order valence-electron chi connectivity index (χ4n) is 2.03. The van der Waals surface area contributed by atoms with Gasteiger partial charge in [-0.05, 0) is 24.3 Å². The molecule has 3 heterocycles. The Morgan fingerprint density at radius 2 is 2.33 bits per heavy atom. The molecule has 1 aliphatic heterocycles. The van der Waals surface area contributed by atoms with Crippen LogP contribution in [0.25, 0.3) is 10.2 Å². The molecule has 2 aromatic heterocycles. The topological polar surface area (TPSA) is 55.0 Å². The molecule has 1 N–H and O–H groups in total. The maximum atomic E-state index is 11.8. The van der Waals surface area contributed by atoms with E-state index in [-0.39, 0.29) is 5.56 Å². The quantitative estimate of drug-likeness (QED) is 0.939. The van der Waals surface area contributed by atoms with E-state index in [4.69, 9.17) is 4.74 Å². The number of thiophene rings is 1. The number of nitrogens with zero attached hydrogens (tertiary/aromatic N) is 1. The number of fused-ring (bicyclic) bond motifs is 1. The number of ether oxygens (including phenoxy) is 1. The molecule has 0 atom stereocenters. The van der Waals surface area contributed by atoms with E-state index in [0.717, 1.165) is 47.8 Å². The lowest BCUT2D eigenvalue weighted by Gasteiger charge is -2.21. The van der Waals surface area contributed by atoms with Crippen molar-refractivity contribution in [2.45, 2.75) is 23.8 Å². The monoisotopic (exact) mass is 282 g/mol. The Bertz CT molecular complexity index is 587. The number of nitrogens with one attached hydrogen (secondary N) is 1. The molecule has 0 aromatic carbocycles. The van der Waals surface area contributed by atoms with Crippen LogP contribution in [0, 0.1) is 0 Å². The minimum atomic E-state index is -0.0161. The fourth-order valence-corrected chi connectivity index (χ4v) is 3.81. The Kier molecular flexibility index (Phi) is 3.67. The first-order chi connectivity index (χ1) is 8.83. The summed E-state index contributed by atoms with van der Waals surface area (Å²) in [4.78, 5) is 19.1. The number of thioether (sulfide) groups is 1. The lowest BCUT2D eigenvalue weighted by molar-refractivity contribution is 0.1000. The number of hydrogen-bond donors (Lipinski definition) is 1. The zero-order valence-corrected chi connectivity index (χ0v) is 11.5. The van der Waals surface area contributed by atoms with Crippen LogP contribution in [0.3, 0.4) is 0 Å². The first-order valence-corrected chi connectivity index (χ1v) is 7.91. The molecule has 6 heteroatoms. The maximum Gasteiger partial charge on any atom is 0.268 e. The molecular weight excluding hydrogens is 268 g/mol. The summed E-state index contributed by atoms with van der Waals surface area (Å²) in [5, 5.41) is 2.53. The van der Waals surface area contributed by atoms with Crippen LogP contribution in [0.1, 0.15) is 18.7 Å². The van der Waals surface area contributed by atoms with Gasteiger partial charge in [-0.3, -0.25) is 4.79 Å². The third-order valence-electron chi connectivity index (χ3n) is 2.99. The molecule has 3 rings (SSSR count). The van der Waals surface area contributed by atoms with Crippen molar-refractivity contribution in [2.75, 3.05) is 13.2 Å². The number of aromatic amines is 1. The van der Waals surface area contributed by atoms with Gasteiger partial charge in [-0.2, -0.15) is 11.8 Å². The van der Waals surface area contributed by atoms with Crippen molar-refractivity contribution in [1.82, 2.24) is 9.97 Å². The van der Waals surface area contributed by atoms with Gasteiger partial charge in [-0.15, -0.1) is 11.3 Å². The number of aromatic nitrogens is 2. The van der Waals surface area contributed by atoms with Gasteiger partial charge in [0.05, 0.1) is 11.3 Å². The smallest absolute Gasteiger partial charge is 0.268 e. The highest BCUT2D eigenvalue weighted by atomic mass is 32.2. The predicted octanol–water partition coefficient (Wildman–Crippen LogP) is 2.40. The van der Waals surface area contributed by atoms with Gasteiger partial charge >= 0.3 is 0 Å². The van der Waals surface area contributed by atoms with Crippen molar-refractivity contribution in [1.29, 1.82) is 0 Å². The van der Waals surface area contributed by atoms with Crippen LogP contribution in [-0.4, -0.2) is 28.4 Å². The van der Waals surface area contributed by atoms with E-state index >= 15 is 0 Å². The number of hydrogen-bond acceptors (Lipinski definition) is 5. The fraction of sp³-hybridized carbons (Fsp3) is 0.500. The van der Waals surface area contributed by atoms with E-state index < -0.39 is 0 Å². The van der Waals surface area contributed by atoms with Crippen LogP contribution in [0.4, 0.5) is 0 Å². The SMILES string of the molecule is O=c1[nH]c(CSC2CCOCC2)nc2ccsc12. The van der Waals surface area contributed by atoms with Crippen molar-refractivity contribution in [3.63, 3.8) is 0 Å². The van der Waals surface area contributed by atoms with Crippen LogP contribution in [0.15, 0.2) is 16.2 Å². The van der Waals surface area contributed by atoms with E-state index in [2.05, 4.69) is 9.97 Å². The summed E-state index contributed by atoms with van der Waals surface area (Å²) in [5.41, 5.74) is 0.795. The summed E-state index contributed by atoms with van der Waals surface area (Å²) in [6.07, 6.45) is 2.19. The number of H-pyrrole nitrogens is 1. The van der Waals surface area contributed by atoms with Gasteiger partial charge in [0, 0.05) is 18.5 Å². The molecule has 0 unspecified atom stereocenters. The van der Waals surface area contributed by atoms with Crippen LogP contribution >= 0.6 is 23.1 Å². The lowest BCUT2D eigenvalue weighted by Crippen LogP contribution is -2.18. The van der Waals surface area contributed by atoms with Crippen LogP contribution in [0.5, 0.6) is 0 Å². The second-order valence-corrected chi connectivity index (χ2v) is 6.48. The number of rotatable bonds is 3. The minimum absolute atomic E-state index is 0.0161. The van der Waals surface area contributed by atoms with Gasteiger partial charge < -0.3 is 9.72 Å². The third kappa shape index (κ3) is 2.60. The van der Waals surface area contributed by atoms with E-state index in [1.54, 1.807) is 0 Å². The van der Waals surface area contributed by atoms with E-state index in [9.17, 15) is 4.79 Å².